The van der Waals surface area contributed by atoms with E-state index >= 15 is 0 Å². The number of nitrogens with zero attached hydrogens (tertiary/aromatic N) is 3. The Kier molecular flexibility index (Phi) is 5.12. The van der Waals surface area contributed by atoms with Gasteiger partial charge in [0.15, 0.2) is 0 Å². The van der Waals surface area contributed by atoms with Gasteiger partial charge in [-0.2, -0.15) is 5.10 Å². The smallest absolute Gasteiger partial charge is 0.218 e. The van der Waals surface area contributed by atoms with Crippen LogP contribution in [0.1, 0.15) is 37.6 Å². The molecule has 5 heteroatoms. The van der Waals surface area contributed by atoms with Crippen LogP contribution in [0.4, 0.5) is 0 Å². The van der Waals surface area contributed by atoms with Crippen LogP contribution in [0.15, 0.2) is 30.6 Å². The predicted octanol–water partition coefficient (Wildman–Crippen LogP) is 2.40. The summed E-state index contributed by atoms with van der Waals surface area (Å²) in [6, 6.07) is 6.07. The first-order valence-corrected chi connectivity index (χ1v) is 7.05. The van der Waals surface area contributed by atoms with Crippen molar-refractivity contribution in [3.05, 3.63) is 41.9 Å². The lowest BCUT2D eigenvalue weighted by Crippen LogP contribution is -2.25. The van der Waals surface area contributed by atoms with E-state index in [4.69, 9.17) is 4.74 Å². The molecule has 5 nitrogen and oxygen atoms in total. The second-order valence-electron chi connectivity index (χ2n) is 4.57. The highest BCUT2D eigenvalue weighted by molar-refractivity contribution is 5.34. The topological polar surface area (TPSA) is 52.0 Å². The van der Waals surface area contributed by atoms with E-state index in [1.165, 1.54) is 0 Å². The Balaban J connectivity index is 2.42. The first-order valence-electron chi connectivity index (χ1n) is 7.05. The number of hydrogen-bond donors (Lipinski definition) is 1. The van der Waals surface area contributed by atoms with Crippen molar-refractivity contribution in [3.63, 3.8) is 0 Å². The molecule has 0 aliphatic carbocycles. The summed E-state index contributed by atoms with van der Waals surface area (Å²) in [4.78, 5) is 4.29. The molecular formula is C15H22N4O. The molecule has 1 unspecified atom stereocenters. The summed E-state index contributed by atoms with van der Waals surface area (Å²) in [5, 5.41) is 7.90. The molecule has 0 aromatic carbocycles. The number of aromatic nitrogens is 3. The zero-order chi connectivity index (χ0) is 14.4. The van der Waals surface area contributed by atoms with Gasteiger partial charge in [-0.25, -0.2) is 4.98 Å². The zero-order valence-electron chi connectivity index (χ0n) is 12.3. The second kappa shape index (κ2) is 7.05. The van der Waals surface area contributed by atoms with E-state index in [1.54, 1.807) is 13.3 Å². The van der Waals surface area contributed by atoms with Crippen LogP contribution in [0.25, 0.3) is 0 Å². The Bertz CT molecular complexity index is 538. The van der Waals surface area contributed by atoms with Crippen molar-refractivity contribution in [2.45, 2.75) is 32.9 Å². The number of hydrogen-bond acceptors (Lipinski definition) is 4. The first kappa shape index (κ1) is 14.5. The highest BCUT2D eigenvalue weighted by Crippen LogP contribution is 2.28. The zero-order valence-corrected chi connectivity index (χ0v) is 12.3. The fourth-order valence-corrected chi connectivity index (χ4v) is 2.36. The van der Waals surface area contributed by atoms with Gasteiger partial charge in [0.05, 0.1) is 18.8 Å². The minimum atomic E-state index is 0.0395. The average Bonchev–Trinajstić information content (AvgIpc) is 2.93. The van der Waals surface area contributed by atoms with Gasteiger partial charge in [-0.05, 0) is 25.1 Å². The Labute approximate surface area is 120 Å². The third-order valence-electron chi connectivity index (χ3n) is 3.19. The van der Waals surface area contributed by atoms with E-state index in [0.29, 0.717) is 5.88 Å². The van der Waals surface area contributed by atoms with Gasteiger partial charge >= 0.3 is 0 Å². The Morgan fingerprint density at radius 1 is 1.30 bits per heavy atom. The van der Waals surface area contributed by atoms with Crippen LogP contribution < -0.4 is 10.1 Å². The van der Waals surface area contributed by atoms with Gasteiger partial charge in [-0.15, -0.1) is 0 Å². The van der Waals surface area contributed by atoms with Crippen molar-refractivity contribution < 1.29 is 4.74 Å². The molecule has 2 heterocycles. The highest BCUT2D eigenvalue weighted by Gasteiger charge is 2.21. The SMILES string of the molecule is CCCn1nccc1C(NCC)c1cccnc1OC. The van der Waals surface area contributed by atoms with E-state index in [1.807, 2.05) is 23.0 Å². The molecule has 0 bridgehead atoms. The molecule has 108 valence electrons. The predicted molar refractivity (Wildman–Crippen MR) is 78.8 cm³/mol. The molecule has 0 fully saturated rings. The third-order valence-corrected chi connectivity index (χ3v) is 3.19. The van der Waals surface area contributed by atoms with Crippen LogP contribution in [-0.2, 0) is 6.54 Å². The van der Waals surface area contributed by atoms with Gasteiger partial charge in [0.25, 0.3) is 0 Å². The van der Waals surface area contributed by atoms with E-state index in [0.717, 1.165) is 30.8 Å². The second-order valence-corrected chi connectivity index (χ2v) is 4.57. The normalized spacial score (nSPS) is 12.3. The quantitative estimate of drug-likeness (QED) is 0.842. The van der Waals surface area contributed by atoms with Crippen molar-refractivity contribution in [2.24, 2.45) is 0 Å². The molecule has 0 saturated carbocycles. The van der Waals surface area contributed by atoms with Crippen molar-refractivity contribution in [1.29, 1.82) is 0 Å². The first-order chi connectivity index (χ1) is 9.81. The summed E-state index contributed by atoms with van der Waals surface area (Å²) < 4.78 is 7.43. The number of methoxy groups -OCH3 is 1. The summed E-state index contributed by atoms with van der Waals surface area (Å²) in [5.74, 6) is 0.655. The lowest BCUT2D eigenvalue weighted by molar-refractivity contribution is 0.385. The van der Waals surface area contributed by atoms with Crippen LogP contribution >= 0.6 is 0 Å². The highest BCUT2D eigenvalue weighted by atomic mass is 16.5. The van der Waals surface area contributed by atoms with E-state index < -0.39 is 0 Å². The fourth-order valence-electron chi connectivity index (χ4n) is 2.36. The summed E-state index contributed by atoms with van der Waals surface area (Å²) in [7, 11) is 1.65. The molecule has 2 rings (SSSR count). The standard InChI is InChI=1S/C15H22N4O/c1-4-11-19-13(8-10-18-19)14(16-5-2)12-7-6-9-17-15(12)20-3/h6-10,14,16H,4-5,11H2,1-3H3. The molecular weight excluding hydrogens is 252 g/mol. The molecule has 0 aliphatic rings. The number of nitrogens with one attached hydrogen (secondary N) is 1. The monoisotopic (exact) mass is 274 g/mol. The maximum Gasteiger partial charge on any atom is 0.218 e. The Hall–Kier alpha value is -1.88. The van der Waals surface area contributed by atoms with Crippen LogP contribution in [0.3, 0.4) is 0 Å². The number of rotatable bonds is 7. The molecule has 2 aromatic rings. The summed E-state index contributed by atoms with van der Waals surface area (Å²) >= 11 is 0. The van der Waals surface area contributed by atoms with Gasteiger partial charge in [0, 0.05) is 24.5 Å². The maximum absolute atomic E-state index is 5.39. The lowest BCUT2D eigenvalue weighted by Gasteiger charge is -2.21. The molecule has 0 saturated heterocycles. The largest absolute Gasteiger partial charge is 0.481 e. The van der Waals surface area contributed by atoms with Gasteiger partial charge in [-0.1, -0.05) is 19.9 Å². The minimum Gasteiger partial charge on any atom is -0.481 e. The van der Waals surface area contributed by atoms with Crippen LogP contribution in [0, 0.1) is 0 Å². The summed E-state index contributed by atoms with van der Waals surface area (Å²) in [6.45, 7) is 6.02. The van der Waals surface area contributed by atoms with E-state index in [9.17, 15) is 0 Å². The average molecular weight is 274 g/mol. The van der Waals surface area contributed by atoms with Crippen LogP contribution in [-0.4, -0.2) is 28.4 Å². The fraction of sp³-hybridized carbons (Fsp3) is 0.467. The molecule has 0 amide bonds. The summed E-state index contributed by atoms with van der Waals surface area (Å²) in [5.41, 5.74) is 2.18. The Morgan fingerprint density at radius 3 is 2.85 bits per heavy atom. The van der Waals surface area contributed by atoms with Gasteiger partial charge in [-0.3, -0.25) is 4.68 Å². The number of pyridine rings is 1. The Morgan fingerprint density at radius 2 is 2.15 bits per heavy atom. The number of aryl methyl sites for hydroxylation is 1. The van der Waals surface area contributed by atoms with Gasteiger partial charge < -0.3 is 10.1 Å². The van der Waals surface area contributed by atoms with Crippen molar-refractivity contribution >= 4 is 0 Å². The van der Waals surface area contributed by atoms with Gasteiger partial charge in [0.1, 0.15) is 0 Å². The molecule has 1 N–H and O–H groups in total. The number of ether oxygens (including phenoxy) is 1. The molecule has 0 radical (unpaired) electrons. The van der Waals surface area contributed by atoms with Gasteiger partial charge in [0.2, 0.25) is 5.88 Å². The molecule has 0 aliphatic heterocycles. The minimum absolute atomic E-state index is 0.0395. The van der Waals surface area contributed by atoms with Crippen LogP contribution in [0.5, 0.6) is 5.88 Å². The van der Waals surface area contributed by atoms with Crippen LogP contribution in [0.2, 0.25) is 0 Å². The molecule has 1 atom stereocenters. The van der Waals surface area contributed by atoms with Crippen molar-refractivity contribution in [3.8, 4) is 5.88 Å². The van der Waals surface area contributed by atoms with Crippen molar-refractivity contribution in [2.75, 3.05) is 13.7 Å². The molecule has 0 spiro atoms. The molecule has 2 aromatic heterocycles. The third kappa shape index (κ3) is 2.99. The molecule has 20 heavy (non-hydrogen) atoms. The summed E-state index contributed by atoms with van der Waals surface area (Å²) in [6.07, 6.45) is 4.64. The maximum atomic E-state index is 5.39. The van der Waals surface area contributed by atoms with E-state index in [-0.39, 0.29) is 6.04 Å². The lowest BCUT2D eigenvalue weighted by atomic mass is 10.0. The van der Waals surface area contributed by atoms with Crippen molar-refractivity contribution in [1.82, 2.24) is 20.1 Å². The van der Waals surface area contributed by atoms with E-state index in [2.05, 4.69) is 35.3 Å².